The molecule has 1 heterocycles. The molecular formula is C18H24N4O. The maximum atomic E-state index is 12.5. The summed E-state index contributed by atoms with van der Waals surface area (Å²) in [5.41, 5.74) is 2.16. The normalized spacial score (nSPS) is 16.7. The Morgan fingerprint density at radius 3 is 2.52 bits per heavy atom. The molecule has 1 amide bonds. The summed E-state index contributed by atoms with van der Waals surface area (Å²) in [5, 5.41) is 12.3. The average Bonchev–Trinajstić information content (AvgIpc) is 2.57. The summed E-state index contributed by atoms with van der Waals surface area (Å²) in [6, 6.07) is 10.0. The Hall–Kier alpha value is -2.32. The molecular weight excluding hydrogens is 288 g/mol. The SMILES string of the molecule is Cc1ccc(N/C=C(/C#N)C(=O)N(C)C2CCN(C)CC2)cc1. The number of nitrogens with one attached hydrogen (secondary N) is 1. The molecule has 0 bridgehead atoms. The third kappa shape index (κ3) is 4.57. The second kappa shape index (κ2) is 7.80. The van der Waals surface area contributed by atoms with Crippen molar-refractivity contribution >= 4 is 11.6 Å². The number of nitriles is 1. The molecule has 0 unspecified atom stereocenters. The van der Waals surface area contributed by atoms with Gasteiger partial charge in [-0.15, -0.1) is 0 Å². The van der Waals surface area contributed by atoms with Crippen LogP contribution in [0.25, 0.3) is 0 Å². The van der Waals surface area contributed by atoms with Crippen molar-refractivity contribution in [3.8, 4) is 6.07 Å². The number of nitrogens with zero attached hydrogens (tertiary/aromatic N) is 3. The summed E-state index contributed by atoms with van der Waals surface area (Å²) in [6.45, 7) is 3.98. The lowest BCUT2D eigenvalue weighted by atomic mass is 10.0. The topological polar surface area (TPSA) is 59.4 Å². The van der Waals surface area contributed by atoms with E-state index in [0.29, 0.717) is 0 Å². The number of aryl methyl sites for hydroxylation is 1. The van der Waals surface area contributed by atoms with Gasteiger partial charge in [-0.05, 0) is 52.0 Å². The van der Waals surface area contributed by atoms with E-state index in [2.05, 4.69) is 17.3 Å². The fourth-order valence-corrected chi connectivity index (χ4v) is 2.69. The lowest BCUT2D eigenvalue weighted by Crippen LogP contribution is -2.44. The molecule has 0 aliphatic carbocycles. The number of carbonyl (C=O) groups is 1. The molecule has 5 nitrogen and oxygen atoms in total. The minimum absolute atomic E-state index is 0.131. The second-order valence-corrected chi connectivity index (χ2v) is 6.13. The number of piperidine rings is 1. The summed E-state index contributed by atoms with van der Waals surface area (Å²) >= 11 is 0. The first-order chi connectivity index (χ1) is 11.0. The van der Waals surface area contributed by atoms with Gasteiger partial charge in [-0.25, -0.2) is 0 Å². The van der Waals surface area contributed by atoms with Crippen LogP contribution in [-0.4, -0.2) is 48.9 Å². The first kappa shape index (κ1) is 17.0. The molecule has 23 heavy (non-hydrogen) atoms. The summed E-state index contributed by atoms with van der Waals surface area (Å²) in [6.07, 6.45) is 3.39. The second-order valence-electron chi connectivity index (χ2n) is 6.13. The number of hydrogen-bond acceptors (Lipinski definition) is 4. The predicted octanol–water partition coefficient (Wildman–Crippen LogP) is 2.37. The third-order valence-electron chi connectivity index (χ3n) is 4.34. The van der Waals surface area contributed by atoms with Gasteiger partial charge in [0.25, 0.3) is 5.91 Å². The maximum absolute atomic E-state index is 12.5. The number of likely N-dealkylation sites (N-methyl/N-ethyl adjacent to an activating group) is 1. The zero-order valence-corrected chi connectivity index (χ0v) is 14.0. The van der Waals surface area contributed by atoms with Crippen molar-refractivity contribution in [1.29, 1.82) is 5.26 Å². The van der Waals surface area contributed by atoms with Crippen LogP contribution in [0, 0.1) is 18.3 Å². The molecule has 1 aromatic rings. The van der Waals surface area contributed by atoms with E-state index < -0.39 is 0 Å². The van der Waals surface area contributed by atoms with Gasteiger partial charge in [-0.3, -0.25) is 4.79 Å². The molecule has 0 spiro atoms. The van der Waals surface area contributed by atoms with Crippen molar-refractivity contribution in [2.75, 3.05) is 32.5 Å². The number of amides is 1. The highest BCUT2D eigenvalue weighted by Gasteiger charge is 2.25. The molecule has 1 aliphatic heterocycles. The maximum Gasteiger partial charge on any atom is 0.266 e. The van der Waals surface area contributed by atoms with Crippen molar-refractivity contribution in [3.63, 3.8) is 0 Å². The lowest BCUT2D eigenvalue weighted by molar-refractivity contribution is -0.128. The zero-order chi connectivity index (χ0) is 16.8. The van der Waals surface area contributed by atoms with E-state index in [-0.39, 0.29) is 17.5 Å². The van der Waals surface area contributed by atoms with Gasteiger partial charge in [0.15, 0.2) is 0 Å². The van der Waals surface area contributed by atoms with E-state index in [9.17, 15) is 10.1 Å². The summed E-state index contributed by atoms with van der Waals surface area (Å²) in [5.74, 6) is -0.221. The van der Waals surface area contributed by atoms with Crippen molar-refractivity contribution in [2.24, 2.45) is 0 Å². The van der Waals surface area contributed by atoms with Crippen molar-refractivity contribution in [1.82, 2.24) is 9.80 Å². The lowest BCUT2D eigenvalue weighted by Gasteiger charge is -2.34. The van der Waals surface area contributed by atoms with Crippen LogP contribution in [-0.2, 0) is 4.79 Å². The van der Waals surface area contributed by atoms with Gasteiger partial charge in [-0.2, -0.15) is 5.26 Å². The Morgan fingerprint density at radius 1 is 1.35 bits per heavy atom. The molecule has 2 rings (SSSR count). The van der Waals surface area contributed by atoms with E-state index >= 15 is 0 Å². The van der Waals surface area contributed by atoms with Crippen LogP contribution in [0.2, 0.25) is 0 Å². The molecule has 0 saturated carbocycles. The van der Waals surface area contributed by atoms with Crippen LogP contribution < -0.4 is 5.32 Å². The van der Waals surface area contributed by atoms with Gasteiger partial charge in [0.2, 0.25) is 0 Å². The Labute approximate surface area is 138 Å². The largest absolute Gasteiger partial charge is 0.360 e. The van der Waals surface area contributed by atoms with Crippen LogP contribution in [0.15, 0.2) is 36.0 Å². The quantitative estimate of drug-likeness (QED) is 0.685. The predicted molar refractivity (Wildman–Crippen MR) is 91.8 cm³/mol. The van der Waals surface area contributed by atoms with E-state index in [4.69, 9.17) is 0 Å². The highest BCUT2D eigenvalue weighted by molar-refractivity contribution is 5.97. The van der Waals surface area contributed by atoms with Crippen LogP contribution in [0.4, 0.5) is 5.69 Å². The van der Waals surface area contributed by atoms with Crippen LogP contribution in [0.5, 0.6) is 0 Å². The zero-order valence-electron chi connectivity index (χ0n) is 14.0. The third-order valence-corrected chi connectivity index (χ3v) is 4.34. The van der Waals surface area contributed by atoms with Crippen LogP contribution in [0.3, 0.4) is 0 Å². The van der Waals surface area contributed by atoms with Crippen molar-refractivity contribution < 1.29 is 4.79 Å². The van der Waals surface area contributed by atoms with E-state index in [0.717, 1.165) is 37.2 Å². The fourth-order valence-electron chi connectivity index (χ4n) is 2.69. The number of rotatable bonds is 4. The molecule has 1 aliphatic rings. The van der Waals surface area contributed by atoms with Crippen LogP contribution in [0.1, 0.15) is 18.4 Å². The van der Waals surface area contributed by atoms with Gasteiger partial charge in [0, 0.05) is 25.0 Å². The monoisotopic (exact) mass is 312 g/mol. The van der Waals surface area contributed by atoms with E-state index in [1.165, 1.54) is 6.20 Å². The molecule has 1 saturated heterocycles. The molecule has 1 aromatic carbocycles. The molecule has 0 atom stereocenters. The Morgan fingerprint density at radius 2 is 1.96 bits per heavy atom. The summed E-state index contributed by atoms with van der Waals surface area (Å²) in [7, 11) is 3.87. The van der Waals surface area contributed by atoms with Gasteiger partial charge < -0.3 is 15.1 Å². The number of anilines is 1. The molecule has 1 fully saturated rings. The highest BCUT2D eigenvalue weighted by atomic mass is 16.2. The minimum Gasteiger partial charge on any atom is -0.360 e. The van der Waals surface area contributed by atoms with Crippen LogP contribution >= 0.6 is 0 Å². The van der Waals surface area contributed by atoms with Crippen molar-refractivity contribution in [3.05, 3.63) is 41.6 Å². The number of benzene rings is 1. The standard InChI is InChI=1S/C18H24N4O/c1-14-4-6-16(7-5-14)20-13-15(12-19)18(23)22(3)17-8-10-21(2)11-9-17/h4-7,13,17,20H,8-11H2,1-3H3/b15-13-. The van der Waals surface area contributed by atoms with Gasteiger partial charge in [0.05, 0.1) is 0 Å². The van der Waals surface area contributed by atoms with Gasteiger partial charge in [0.1, 0.15) is 11.6 Å². The molecule has 1 N–H and O–H groups in total. The van der Waals surface area contributed by atoms with Crippen molar-refractivity contribution in [2.45, 2.75) is 25.8 Å². The number of carbonyl (C=O) groups excluding carboxylic acids is 1. The Kier molecular flexibility index (Phi) is 5.78. The number of hydrogen-bond donors (Lipinski definition) is 1. The minimum atomic E-state index is -0.221. The molecule has 0 radical (unpaired) electrons. The smallest absolute Gasteiger partial charge is 0.266 e. The Bertz CT molecular complexity index is 607. The van der Waals surface area contributed by atoms with Gasteiger partial charge in [-0.1, -0.05) is 17.7 Å². The average molecular weight is 312 g/mol. The summed E-state index contributed by atoms with van der Waals surface area (Å²) < 4.78 is 0. The molecule has 5 heteroatoms. The number of likely N-dealkylation sites (tertiary alicyclic amines) is 1. The van der Waals surface area contributed by atoms with E-state index in [1.807, 2.05) is 37.3 Å². The van der Waals surface area contributed by atoms with E-state index in [1.54, 1.807) is 11.9 Å². The first-order valence-corrected chi connectivity index (χ1v) is 7.90. The highest BCUT2D eigenvalue weighted by Crippen LogP contribution is 2.16. The fraction of sp³-hybridized carbons (Fsp3) is 0.444. The van der Waals surface area contributed by atoms with Gasteiger partial charge >= 0.3 is 0 Å². The summed E-state index contributed by atoms with van der Waals surface area (Å²) in [4.78, 5) is 16.5. The molecule has 0 aromatic heterocycles. The first-order valence-electron chi connectivity index (χ1n) is 7.90. The molecule has 122 valence electrons. The Balaban J connectivity index is 2.01.